The zero-order valence-corrected chi connectivity index (χ0v) is 11.3. The summed E-state index contributed by atoms with van der Waals surface area (Å²) in [7, 11) is 0. The van der Waals surface area contributed by atoms with Crippen molar-refractivity contribution in [2.75, 3.05) is 6.54 Å². The number of allylic oxidation sites excluding steroid dienone is 4. The van der Waals surface area contributed by atoms with Crippen LogP contribution in [0.4, 0.5) is 0 Å². The first-order chi connectivity index (χ1) is 8.86. The smallest absolute Gasteiger partial charge is 0.0541 e. The highest BCUT2D eigenvalue weighted by Gasteiger charge is 1.94. The van der Waals surface area contributed by atoms with Crippen LogP contribution in [0.2, 0.25) is 0 Å². The summed E-state index contributed by atoms with van der Waals surface area (Å²) in [5, 5.41) is 3.41. The van der Waals surface area contributed by atoms with E-state index >= 15 is 0 Å². The quantitative estimate of drug-likeness (QED) is 0.738. The van der Waals surface area contributed by atoms with Gasteiger partial charge in [-0.3, -0.25) is 4.98 Å². The van der Waals surface area contributed by atoms with Gasteiger partial charge in [0.05, 0.1) is 5.69 Å². The van der Waals surface area contributed by atoms with Crippen molar-refractivity contribution >= 4 is 0 Å². The second-order valence-corrected chi connectivity index (χ2v) is 4.00. The van der Waals surface area contributed by atoms with E-state index in [1.54, 1.807) is 0 Å². The van der Waals surface area contributed by atoms with Gasteiger partial charge in [-0.25, -0.2) is 0 Å². The van der Waals surface area contributed by atoms with E-state index in [0.29, 0.717) is 0 Å². The molecule has 0 bridgehead atoms. The van der Waals surface area contributed by atoms with Crippen molar-refractivity contribution in [1.29, 1.82) is 0 Å². The van der Waals surface area contributed by atoms with Gasteiger partial charge in [-0.15, -0.1) is 0 Å². The van der Waals surface area contributed by atoms with E-state index in [-0.39, 0.29) is 0 Å². The molecule has 0 saturated carbocycles. The number of nitrogens with zero attached hydrogens (tertiary/aromatic N) is 1. The first kappa shape index (κ1) is 14.4. The molecule has 0 aromatic carbocycles. The maximum Gasteiger partial charge on any atom is 0.0541 e. The molecule has 0 unspecified atom stereocenters. The van der Waals surface area contributed by atoms with Crippen LogP contribution in [0.5, 0.6) is 0 Å². The Morgan fingerprint density at radius 2 is 2.22 bits per heavy atom. The van der Waals surface area contributed by atoms with E-state index in [0.717, 1.165) is 25.2 Å². The van der Waals surface area contributed by atoms with E-state index in [4.69, 9.17) is 0 Å². The lowest BCUT2D eigenvalue weighted by Gasteiger charge is -2.05. The lowest BCUT2D eigenvalue weighted by molar-refractivity contribution is 0.727. The molecule has 1 aromatic rings. The summed E-state index contributed by atoms with van der Waals surface area (Å²) >= 11 is 0. The summed E-state index contributed by atoms with van der Waals surface area (Å²) in [5.41, 5.74) is 2.39. The predicted molar refractivity (Wildman–Crippen MR) is 78.3 cm³/mol. The maximum atomic E-state index is 4.29. The number of hydrogen-bond acceptors (Lipinski definition) is 2. The van der Waals surface area contributed by atoms with Crippen LogP contribution in [0.15, 0.2) is 60.3 Å². The Kier molecular flexibility index (Phi) is 7.49. The second-order valence-electron chi connectivity index (χ2n) is 4.00. The molecule has 1 heterocycles. The zero-order chi connectivity index (χ0) is 13.1. The summed E-state index contributed by atoms with van der Waals surface area (Å²) < 4.78 is 0. The predicted octanol–water partition coefficient (Wildman–Crippen LogP) is 3.64. The molecule has 0 spiro atoms. The third-order valence-electron chi connectivity index (χ3n) is 2.44. The molecule has 1 N–H and O–H groups in total. The van der Waals surface area contributed by atoms with Crippen molar-refractivity contribution in [3.05, 3.63) is 66.0 Å². The summed E-state index contributed by atoms with van der Waals surface area (Å²) in [6.07, 6.45) is 13.4. The number of pyridine rings is 1. The van der Waals surface area contributed by atoms with Gasteiger partial charge < -0.3 is 5.32 Å². The van der Waals surface area contributed by atoms with Gasteiger partial charge in [0, 0.05) is 19.3 Å². The SMILES string of the molecule is C\C=C/C=C\C(=C\CC)CNCc1ccccn1. The number of rotatable bonds is 7. The second kappa shape index (κ2) is 9.37. The van der Waals surface area contributed by atoms with Gasteiger partial charge in [0.1, 0.15) is 0 Å². The monoisotopic (exact) mass is 242 g/mol. The Morgan fingerprint density at radius 1 is 1.33 bits per heavy atom. The van der Waals surface area contributed by atoms with Crippen LogP contribution in [0, 0.1) is 0 Å². The van der Waals surface area contributed by atoms with Crippen LogP contribution in [-0.2, 0) is 6.54 Å². The molecule has 0 aliphatic heterocycles. The average Bonchev–Trinajstić information content (AvgIpc) is 2.40. The Morgan fingerprint density at radius 3 is 2.89 bits per heavy atom. The largest absolute Gasteiger partial charge is 0.307 e. The summed E-state index contributed by atoms with van der Waals surface area (Å²) in [6.45, 7) is 5.85. The van der Waals surface area contributed by atoms with Crippen molar-refractivity contribution in [1.82, 2.24) is 10.3 Å². The molecule has 0 aliphatic carbocycles. The third kappa shape index (κ3) is 6.16. The van der Waals surface area contributed by atoms with Crippen LogP contribution < -0.4 is 5.32 Å². The Hall–Kier alpha value is -1.67. The molecule has 18 heavy (non-hydrogen) atoms. The van der Waals surface area contributed by atoms with Crippen molar-refractivity contribution in [2.45, 2.75) is 26.8 Å². The number of nitrogens with one attached hydrogen (secondary N) is 1. The minimum Gasteiger partial charge on any atom is -0.307 e. The topological polar surface area (TPSA) is 24.9 Å². The maximum absolute atomic E-state index is 4.29. The molecular formula is C16H22N2. The van der Waals surface area contributed by atoms with Crippen LogP contribution in [0.3, 0.4) is 0 Å². The lowest BCUT2D eigenvalue weighted by atomic mass is 10.2. The Balaban J connectivity index is 2.41. The minimum absolute atomic E-state index is 0.805. The highest BCUT2D eigenvalue weighted by molar-refractivity contribution is 5.23. The Labute approximate surface area is 110 Å². The number of hydrogen-bond donors (Lipinski definition) is 1. The first-order valence-corrected chi connectivity index (χ1v) is 6.45. The third-order valence-corrected chi connectivity index (χ3v) is 2.44. The highest BCUT2D eigenvalue weighted by Crippen LogP contribution is 1.99. The van der Waals surface area contributed by atoms with Gasteiger partial charge in [0.2, 0.25) is 0 Å². The van der Waals surface area contributed by atoms with E-state index in [9.17, 15) is 0 Å². The molecule has 2 nitrogen and oxygen atoms in total. The van der Waals surface area contributed by atoms with Crippen molar-refractivity contribution in [3.63, 3.8) is 0 Å². The molecule has 2 heteroatoms. The molecule has 1 aromatic heterocycles. The van der Waals surface area contributed by atoms with Crippen molar-refractivity contribution in [2.24, 2.45) is 0 Å². The standard InChI is InChI=1S/C16H22N2/c1-3-5-6-10-15(9-4-2)13-17-14-16-11-7-8-12-18-16/h3,5-12,17H,4,13-14H2,1-2H3/b5-3-,10-6-,15-9-. The van der Waals surface area contributed by atoms with Crippen LogP contribution >= 0.6 is 0 Å². The fraction of sp³-hybridized carbons (Fsp3) is 0.312. The molecule has 0 aliphatic rings. The normalized spacial score (nSPS) is 12.7. The van der Waals surface area contributed by atoms with E-state index in [1.807, 2.05) is 43.5 Å². The highest BCUT2D eigenvalue weighted by atomic mass is 14.9. The van der Waals surface area contributed by atoms with Crippen molar-refractivity contribution in [3.8, 4) is 0 Å². The minimum atomic E-state index is 0.805. The van der Waals surface area contributed by atoms with Crippen LogP contribution in [0.25, 0.3) is 0 Å². The fourth-order valence-corrected chi connectivity index (χ4v) is 1.59. The van der Waals surface area contributed by atoms with E-state index in [1.165, 1.54) is 5.57 Å². The van der Waals surface area contributed by atoms with Gasteiger partial charge in [0.15, 0.2) is 0 Å². The summed E-state index contributed by atoms with van der Waals surface area (Å²) in [4.78, 5) is 4.29. The molecule has 0 atom stereocenters. The molecular weight excluding hydrogens is 220 g/mol. The van der Waals surface area contributed by atoms with Gasteiger partial charge in [-0.2, -0.15) is 0 Å². The van der Waals surface area contributed by atoms with Crippen molar-refractivity contribution < 1.29 is 0 Å². The first-order valence-electron chi connectivity index (χ1n) is 6.45. The lowest BCUT2D eigenvalue weighted by Crippen LogP contribution is -2.16. The fourth-order valence-electron chi connectivity index (χ4n) is 1.59. The van der Waals surface area contributed by atoms with Gasteiger partial charge >= 0.3 is 0 Å². The molecule has 0 fully saturated rings. The van der Waals surface area contributed by atoms with Gasteiger partial charge in [-0.1, -0.05) is 43.4 Å². The molecule has 96 valence electrons. The van der Waals surface area contributed by atoms with Crippen LogP contribution in [0.1, 0.15) is 26.0 Å². The zero-order valence-electron chi connectivity index (χ0n) is 11.3. The van der Waals surface area contributed by atoms with E-state index < -0.39 is 0 Å². The molecule has 0 amide bonds. The van der Waals surface area contributed by atoms with E-state index in [2.05, 4.69) is 35.5 Å². The average molecular weight is 242 g/mol. The summed E-state index contributed by atoms with van der Waals surface area (Å²) in [5.74, 6) is 0. The van der Waals surface area contributed by atoms with Gasteiger partial charge in [0.25, 0.3) is 0 Å². The molecule has 0 saturated heterocycles. The molecule has 1 rings (SSSR count). The summed E-state index contributed by atoms with van der Waals surface area (Å²) in [6, 6.07) is 5.98. The van der Waals surface area contributed by atoms with Crippen LogP contribution in [-0.4, -0.2) is 11.5 Å². The Bertz CT molecular complexity index is 402. The number of aromatic nitrogens is 1. The van der Waals surface area contributed by atoms with Gasteiger partial charge in [-0.05, 0) is 31.1 Å². The molecule has 0 radical (unpaired) electrons.